The highest BCUT2D eigenvalue weighted by atomic mass is 32.2. The minimum Gasteiger partial charge on any atom is -0.493 e. The summed E-state index contributed by atoms with van der Waals surface area (Å²) >= 11 is 0. The van der Waals surface area contributed by atoms with Crippen molar-refractivity contribution in [3.8, 4) is 5.75 Å². The van der Waals surface area contributed by atoms with Crippen LogP contribution in [0.1, 0.15) is 39.3 Å². The summed E-state index contributed by atoms with van der Waals surface area (Å²) in [7, 11) is 0.213. The number of ether oxygens (including phenoxy) is 1. The van der Waals surface area contributed by atoms with E-state index in [1.54, 1.807) is 12.1 Å². The number of hydrogen-bond acceptors (Lipinski definition) is 2. The standard InChI is InChI=1S/C13H20FNO2S/c1-9(15-18(16)13(2,3)4)10-7-6-8-11(14)12(10)17-5/h6-9,15H,1-5H3. The second-order valence-corrected chi connectivity index (χ2v) is 7.08. The number of methoxy groups -OCH3 is 1. The molecule has 0 fully saturated rings. The minimum absolute atomic E-state index is 0.198. The van der Waals surface area contributed by atoms with Gasteiger partial charge in [0.2, 0.25) is 0 Å². The van der Waals surface area contributed by atoms with Crippen molar-refractivity contribution in [2.24, 2.45) is 0 Å². The van der Waals surface area contributed by atoms with Gasteiger partial charge in [0.15, 0.2) is 11.6 Å². The first-order valence-corrected chi connectivity index (χ1v) is 6.92. The third kappa shape index (κ3) is 3.53. The normalized spacial score (nSPS) is 15.2. The van der Waals surface area contributed by atoms with E-state index in [4.69, 9.17) is 4.74 Å². The summed E-state index contributed by atoms with van der Waals surface area (Å²) in [5.41, 5.74) is 0.662. The summed E-state index contributed by atoms with van der Waals surface area (Å²) < 4.78 is 33.2. The molecule has 102 valence electrons. The molecule has 0 amide bonds. The highest BCUT2D eigenvalue weighted by Crippen LogP contribution is 2.28. The first-order valence-electron chi connectivity index (χ1n) is 5.77. The van der Waals surface area contributed by atoms with Gasteiger partial charge in [0.1, 0.15) is 0 Å². The molecular weight excluding hydrogens is 253 g/mol. The molecule has 0 aliphatic heterocycles. The van der Waals surface area contributed by atoms with Crippen LogP contribution in [0, 0.1) is 5.82 Å². The predicted molar refractivity (Wildman–Crippen MR) is 72.4 cm³/mol. The summed E-state index contributed by atoms with van der Waals surface area (Å²) in [6.45, 7) is 7.48. The molecule has 0 heterocycles. The molecular formula is C13H20FNO2S. The Balaban J connectivity index is 2.95. The van der Waals surface area contributed by atoms with Crippen LogP contribution in [0.15, 0.2) is 18.2 Å². The Morgan fingerprint density at radius 3 is 2.50 bits per heavy atom. The van der Waals surface area contributed by atoms with Crippen LogP contribution in [-0.2, 0) is 11.0 Å². The van der Waals surface area contributed by atoms with E-state index in [0.717, 1.165) is 0 Å². The van der Waals surface area contributed by atoms with Crippen LogP contribution >= 0.6 is 0 Å². The minimum atomic E-state index is -1.21. The zero-order valence-electron chi connectivity index (χ0n) is 11.4. The largest absolute Gasteiger partial charge is 0.493 e. The van der Waals surface area contributed by atoms with Gasteiger partial charge in [-0.2, -0.15) is 0 Å². The zero-order valence-corrected chi connectivity index (χ0v) is 12.2. The van der Waals surface area contributed by atoms with E-state index in [0.29, 0.717) is 5.56 Å². The third-order valence-electron chi connectivity index (χ3n) is 2.51. The lowest BCUT2D eigenvalue weighted by molar-refractivity contribution is 0.377. The Hall–Kier alpha value is -0.940. The molecule has 0 aliphatic rings. The highest BCUT2D eigenvalue weighted by molar-refractivity contribution is 7.84. The Kier molecular flexibility index (Phi) is 4.87. The molecule has 0 saturated heterocycles. The van der Waals surface area contributed by atoms with E-state index in [9.17, 15) is 8.60 Å². The van der Waals surface area contributed by atoms with Gasteiger partial charge < -0.3 is 4.74 Å². The summed E-state index contributed by atoms with van der Waals surface area (Å²) in [5.74, 6) is -0.214. The van der Waals surface area contributed by atoms with E-state index in [1.807, 2.05) is 27.7 Å². The molecule has 1 rings (SSSR count). The van der Waals surface area contributed by atoms with Gasteiger partial charge in [-0.3, -0.25) is 0 Å². The highest BCUT2D eigenvalue weighted by Gasteiger charge is 2.23. The number of para-hydroxylation sites is 1. The predicted octanol–water partition coefficient (Wildman–Crippen LogP) is 2.95. The molecule has 18 heavy (non-hydrogen) atoms. The van der Waals surface area contributed by atoms with Crippen molar-refractivity contribution in [3.63, 3.8) is 0 Å². The van der Waals surface area contributed by atoms with Gasteiger partial charge in [-0.1, -0.05) is 12.1 Å². The molecule has 0 aromatic heterocycles. The van der Waals surface area contributed by atoms with Gasteiger partial charge >= 0.3 is 0 Å². The van der Waals surface area contributed by atoms with E-state index in [1.165, 1.54) is 13.2 Å². The van der Waals surface area contributed by atoms with Gasteiger partial charge in [-0.05, 0) is 33.8 Å². The third-order valence-corrected chi connectivity index (χ3v) is 4.19. The van der Waals surface area contributed by atoms with Crippen LogP contribution in [0.4, 0.5) is 4.39 Å². The summed E-state index contributed by atoms with van der Waals surface area (Å²) in [6, 6.07) is 4.47. The quantitative estimate of drug-likeness (QED) is 0.916. The second kappa shape index (κ2) is 5.80. The monoisotopic (exact) mass is 273 g/mol. The van der Waals surface area contributed by atoms with Crippen molar-refractivity contribution in [2.75, 3.05) is 7.11 Å². The fourth-order valence-corrected chi connectivity index (χ4v) is 2.28. The molecule has 2 unspecified atom stereocenters. The number of nitrogens with one attached hydrogen (secondary N) is 1. The maximum atomic E-state index is 13.6. The lowest BCUT2D eigenvalue weighted by atomic mass is 10.1. The summed E-state index contributed by atoms with van der Waals surface area (Å²) in [6.07, 6.45) is 0. The maximum Gasteiger partial charge on any atom is 0.165 e. The van der Waals surface area contributed by atoms with Crippen molar-refractivity contribution < 1.29 is 13.3 Å². The van der Waals surface area contributed by atoms with Crippen LogP contribution in [-0.4, -0.2) is 16.1 Å². The van der Waals surface area contributed by atoms with Crippen LogP contribution in [0.2, 0.25) is 0 Å². The van der Waals surface area contributed by atoms with Crippen LogP contribution in [0.25, 0.3) is 0 Å². The van der Waals surface area contributed by atoms with Crippen molar-refractivity contribution >= 4 is 11.0 Å². The van der Waals surface area contributed by atoms with Crippen LogP contribution < -0.4 is 9.46 Å². The van der Waals surface area contributed by atoms with Crippen molar-refractivity contribution in [1.29, 1.82) is 0 Å². The Labute approximate surface area is 110 Å². The molecule has 1 N–H and O–H groups in total. The molecule has 2 atom stereocenters. The van der Waals surface area contributed by atoms with E-state index >= 15 is 0 Å². The van der Waals surface area contributed by atoms with Gasteiger partial charge in [0.25, 0.3) is 0 Å². The fourth-order valence-electron chi connectivity index (χ4n) is 1.48. The molecule has 0 radical (unpaired) electrons. The second-order valence-electron chi connectivity index (χ2n) is 5.08. The molecule has 0 saturated carbocycles. The average Bonchev–Trinajstić information content (AvgIpc) is 2.27. The van der Waals surface area contributed by atoms with Gasteiger partial charge in [0, 0.05) is 11.6 Å². The molecule has 1 aromatic carbocycles. The van der Waals surface area contributed by atoms with E-state index < -0.39 is 16.8 Å². The van der Waals surface area contributed by atoms with Crippen LogP contribution in [0.3, 0.4) is 0 Å². The van der Waals surface area contributed by atoms with Gasteiger partial charge in [0.05, 0.1) is 22.8 Å². The Bertz CT molecular complexity index is 443. The smallest absolute Gasteiger partial charge is 0.165 e. The zero-order chi connectivity index (χ0) is 13.9. The number of halogens is 1. The number of benzene rings is 1. The van der Waals surface area contributed by atoms with Crippen molar-refractivity contribution in [1.82, 2.24) is 4.72 Å². The topological polar surface area (TPSA) is 38.3 Å². The van der Waals surface area contributed by atoms with E-state index in [2.05, 4.69) is 4.72 Å². The van der Waals surface area contributed by atoms with Crippen molar-refractivity contribution in [2.45, 2.75) is 38.5 Å². The summed E-state index contributed by atoms with van der Waals surface area (Å²) in [4.78, 5) is 0. The van der Waals surface area contributed by atoms with Gasteiger partial charge in [-0.25, -0.2) is 13.3 Å². The molecule has 0 bridgehead atoms. The number of hydrogen-bond donors (Lipinski definition) is 1. The first kappa shape index (κ1) is 15.1. The lowest BCUT2D eigenvalue weighted by Crippen LogP contribution is -2.35. The van der Waals surface area contributed by atoms with Crippen molar-refractivity contribution in [3.05, 3.63) is 29.6 Å². The average molecular weight is 273 g/mol. The molecule has 3 nitrogen and oxygen atoms in total. The van der Waals surface area contributed by atoms with Gasteiger partial charge in [-0.15, -0.1) is 0 Å². The molecule has 0 spiro atoms. The Morgan fingerprint density at radius 2 is 2.00 bits per heavy atom. The maximum absolute atomic E-state index is 13.6. The number of rotatable bonds is 4. The molecule has 0 aliphatic carbocycles. The lowest BCUT2D eigenvalue weighted by Gasteiger charge is -2.23. The Morgan fingerprint density at radius 1 is 1.39 bits per heavy atom. The van der Waals surface area contributed by atoms with Crippen LogP contribution in [0.5, 0.6) is 5.75 Å². The fraction of sp³-hybridized carbons (Fsp3) is 0.538. The molecule has 1 aromatic rings. The summed E-state index contributed by atoms with van der Waals surface area (Å²) in [5, 5.41) is 0. The molecule has 5 heteroatoms. The SMILES string of the molecule is COc1c(F)cccc1C(C)NS(=O)C(C)(C)C. The first-order chi connectivity index (χ1) is 8.27. The van der Waals surface area contributed by atoms with E-state index in [-0.39, 0.29) is 16.5 Å².